The maximum absolute atomic E-state index is 4.51. The van der Waals surface area contributed by atoms with Crippen molar-refractivity contribution in [2.45, 2.75) is 26.2 Å². The minimum Gasteiger partial charge on any atom is -0.233 e. The molecule has 0 radical (unpaired) electrons. The second-order valence-electron chi connectivity index (χ2n) is 4.20. The molecule has 2 heterocycles. The summed E-state index contributed by atoms with van der Waals surface area (Å²) in [5.74, 6) is 0. The molecule has 0 saturated carbocycles. The van der Waals surface area contributed by atoms with Crippen LogP contribution < -0.4 is 0 Å². The topological polar surface area (TPSA) is 30.2 Å². The standard InChI is InChI=1S/C10H13N3/c1-10(2,3)8-5-7-13-9(12-8)4-6-11-13/h4-7H,1-3H3. The molecule has 13 heavy (non-hydrogen) atoms. The van der Waals surface area contributed by atoms with E-state index in [0.717, 1.165) is 11.3 Å². The number of hydrogen-bond donors (Lipinski definition) is 0. The zero-order valence-corrected chi connectivity index (χ0v) is 8.15. The highest BCUT2D eigenvalue weighted by Gasteiger charge is 2.15. The van der Waals surface area contributed by atoms with Crippen LogP contribution in [0, 0.1) is 0 Å². The number of hydrogen-bond acceptors (Lipinski definition) is 2. The van der Waals surface area contributed by atoms with E-state index >= 15 is 0 Å². The molecule has 0 bridgehead atoms. The fourth-order valence-electron chi connectivity index (χ4n) is 1.23. The summed E-state index contributed by atoms with van der Waals surface area (Å²) in [6.07, 6.45) is 3.71. The minimum atomic E-state index is 0.103. The van der Waals surface area contributed by atoms with Crippen LogP contribution in [0.25, 0.3) is 5.65 Å². The Hall–Kier alpha value is -1.38. The van der Waals surface area contributed by atoms with Crippen molar-refractivity contribution in [1.82, 2.24) is 14.6 Å². The Morgan fingerprint density at radius 3 is 2.69 bits per heavy atom. The highest BCUT2D eigenvalue weighted by molar-refractivity contribution is 5.37. The average Bonchev–Trinajstić information content (AvgIpc) is 2.47. The van der Waals surface area contributed by atoms with Crippen molar-refractivity contribution < 1.29 is 0 Å². The van der Waals surface area contributed by atoms with Crippen molar-refractivity contribution in [2.75, 3.05) is 0 Å². The lowest BCUT2D eigenvalue weighted by molar-refractivity contribution is 0.568. The van der Waals surface area contributed by atoms with Crippen molar-refractivity contribution >= 4 is 5.65 Å². The number of aromatic nitrogens is 3. The molecule has 0 fully saturated rings. The first kappa shape index (κ1) is 8.23. The molecule has 0 unspecified atom stereocenters. The van der Waals surface area contributed by atoms with Crippen LogP contribution in [-0.2, 0) is 5.41 Å². The van der Waals surface area contributed by atoms with Crippen LogP contribution in [0.2, 0.25) is 0 Å². The molecule has 2 aromatic rings. The van der Waals surface area contributed by atoms with Gasteiger partial charge in [-0.15, -0.1) is 0 Å². The Bertz CT molecular complexity index is 423. The van der Waals surface area contributed by atoms with Crippen molar-refractivity contribution in [2.24, 2.45) is 0 Å². The number of fused-ring (bicyclic) bond motifs is 1. The molecule has 0 N–H and O–H groups in total. The van der Waals surface area contributed by atoms with Gasteiger partial charge in [0.2, 0.25) is 0 Å². The second-order valence-corrected chi connectivity index (χ2v) is 4.20. The van der Waals surface area contributed by atoms with Gasteiger partial charge in [0.25, 0.3) is 0 Å². The highest BCUT2D eigenvalue weighted by atomic mass is 15.2. The first-order valence-electron chi connectivity index (χ1n) is 4.38. The van der Waals surface area contributed by atoms with Gasteiger partial charge >= 0.3 is 0 Å². The van der Waals surface area contributed by atoms with Crippen LogP contribution in [0.1, 0.15) is 26.5 Å². The van der Waals surface area contributed by atoms with Gasteiger partial charge in [-0.05, 0) is 6.07 Å². The maximum atomic E-state index is 4.51. The summed E-state index contributed by atoms with van der Waals surface area (Å²) in [4.78, 5) is 4.51. The lowest BCUT2D eigenvalue weighted by Gasteiger charge is -2.17. The van der Waals surface area contributed by atoms with E-state index in [9.17, 15) is 0 Å². The lowest BCUT2D eigenvalue weighted by Crippen LogP contribution is -2.13. The van der Waals surface area contributed by atoms with Gasteiger partial charge in [-0.2, -0.15) is 5.10 Å². The molecule has 2 aromatic heterocycles. The van der Waals surface area contributed by atoms with Gasteiger partial charge in [0, 0.05) is 23.4 Å². The van der Waals surface area contributed by atoms with E-state index in [2.05, 4.69) is 30.9 Å². The van der Waals surface area contributed by atoms with Crippen LogP contribution in [0.3, 0.4) is 0 Å². The third kappa shape index (κ3) is 1.41. The fraction of sp³-hybridized carbons (Fsp3) is 0.400. The molecule has 68 valence electrons. The summed E-state index contributed by atoms with van der Waals surface area (Å²) in [7, 11) is 0. The molecule has 0 aliphatic rings. The maximum Gasteiger partial charge on any atom is 0.155 e. The van der Waals surface area contributed by atoms with Crippen LogP contribution in [0.15, 0.2) is 24.5 Å². The molecule has 3 nitrogen and oxygen atoms in total. The molecular formula is C10H13N3. The van der Waals surface area contributed by atoms with E-state index in [1.807, 2.05) is 18.3 Å². The zero-order valence-electron chi connectivity index (χ0n) is 8.15. The molecule has 0 aliphatic carbocycles. The first-order valence-corrected chi connectivity index (χ1v) is 4.38. The fourth-order valence-corrected chi connectivity index (χ4v) is 1.23. The summed E-state index contributed by atoms with van der Waals surface area (Å²) in [5, 5.41) is 4.10. The number of rotatable bonds is 0. The van der Waals surface area contributed by atoms with E-state index in [-0.39, 0.29) is 5.41 Å². The monoisotopic (exact) mass is 175 g/mol. The van der Waals surface area contributed by atoms with Crippen LogP contribution in [-0.4, -0.2) is 14.6 Å². The largest absolute Gasteiger partial charge is 0.233 e. The first-order chi connectivity index (χ1) is 6.07. The van der Waals surface area contributed by atoms with Gasteiger partial charge in [-0.3, -0.25) is 0 Å². The molecule has 0 atom stereocenters. The van der Waals surface area contributed by atoms with Crippen molar-refractivity contribution in [1.29, 1.82) is 0 Å². The Labute approximate surface area is 77.4 Å². The van der Waals surface area contributed by atoms with Gasteiger partial charge in [-0.25, -0.2) is 9.50 Å². The van der Waals surface area contributed by atoms with Gasteiger partial charge in [0.1, 0.15) is 0 Å². The normalized spacial score (nSPS) is 12.2. The van der Waals surface area contributed by atoms with E-state index in [1.165, 1.54) is 0 Å². The van der Waals surface area contributed by atoms with E-state index < -0.39 is 0 Å². The second kappa shape index (κ2) is 2.55. The predicted octanol–water partition coefficient (Wildman–Crippen LogP) is 2.03. The summed E-state index contributed by atoms with van der Waals surface area (Å²) in [5.41, 5.74) is 2.11. The predicted molar refractivity (Wildman–Crippen MR) is 51.7 cm³/mol. The van der Waals surface area contributed by atoms with E-state index in [0.29, 0.717) is 0 Å². The summed E-state index contributed by atoms with van der Waals surface area (Å²) >= 11 is 0. The molecule has 3 heteroatoms. The summed E-state index contributed by atoms with van der Waals surface area (Å²) in [6, 6.07) is 3.93. The Morgan fingerprint density at radius 1 is 1.23 bits per heavy atom. The Balaban J connectivity index is 2.61. The zero-order chi connectivity index (χ0) is 9.47. The highest BCUT2D eigenvalue weighted by Crippen LogP contribution is 2.19. The third-order valence-electron chi connectivity index (χ3n) is 2.03. The van der Waals surface area contributed by atoms with Crippen molar-refractivity contribution in [3.05, 3.63) is 30.2 Å². The van der Waals surface area contributed by atoms with Crippen LogP contribution in [0.5, 0.6) is 0 Å². The summed E-state index contributed by atoms with van der Waals surface area (Å²) < 4.78 is 1.77. The molecule has 0 amide bonds. The number of nitrogens with zero attached hydrogens (tertiary/aromatic N) is 3. The Kier molecular flexibility index (Phi) is 1.62. The van der Waals surface area contributed by atoms with Gasteiger partial charge < -0.3 is 0 Å². The molecule has 0 spiro atoms. The van der Waals surface area contributed by atoms with Gasteiger partial charge in [0.05, 0.1) is 6.20 Å². The molecule has 0 aliphatic heterocycles. The molecule has 2 rings (SSSR count). The van der Waals surface area contributed by atoms with Crippen molar-refractivity contribution in [3.8, 4) is 0 Å². The SMILES string of the molecule is CC(C)(C)c1ccn2nccc2n1. The minimum absolute atomic E-state index is 0.103. The van der Waals surface area contributed by atoms with E-state index in [4.69, 9.17) is 0 Å². The van der Waals surface area contributed by atoms with Gasteiger partial charge in [0.15, 0.2) is 5.65 Å². The van der Waals surface area contributed by atoms with Gasteiger partial charge in [-0.1, -0.05) is 20.8 Å². The Morgan fingerprint density at radius 2 is 2.00 bits per heavy atom. The van der Waals surface area contributed by atoms with E-state index in [1.54, 1.807) is 10.7 Å². The molecular weight excluding hydrogens is 162 g/mol. The lowest BCUT2D eigenvalue weighted by atomic mass is 9.92. The summed E-state index contributed by atoms with van der Waals surface area (Å²) in [6.45, 7) is 6.46. The molecule has 0 aromatic carbocycles. The quantitative estimate of drug-likeness (QED) is 0.613. The third-order valence-corrected chi connectivity index (χ3v) is 2.03. The average molecular weight is 175 g/mol. The van der Waals surface area contributed by atoms with Crippen LogP contribution in [0.4, 0.5) is 0 Å². The molecule has 0 saturated heterocycles. The smallest absolute Gasteiger partial charge is 0.155 e. The van der Waals surface area contributed by atoms with Crippen LogP contribution >= 0.6 is 0 Å². The van der Waals surface area contributed by atoms with Crippen molar-refractivity contribution in [3.63, 3.8) is 0 Å².